The number of pyridine rings is 1. The predicted octanol–water partition coefficient (Wildman–Crippen LogP) is 4.39. The van der Waals surface area contributed by atoms with Crippen molar-refractivity contribution >= 4 is 28.1 Å². The van der Waals surface area contributed by atoms with Crippen LogP contribution in [0.3, 0.4) is 0 Å². The molecule has 0 saturated carbocycles. The van der Waals surface area contributed by atoms with E-state index < -0.39 is 0 Å². The molecule has 2 aliphatic rings. The normalized spacial score (nSPS) is 19.2. The summed E-state index contributed by atoms with van der Waals surface area (Å²) in [6.45, 7) is 5.96. The minimum atomic E-state index is -0.274. The second-order valence-corrected chi connectivity index (χ2v) is 10.2. The quantitative estimate of drug-likeness (QED) is 0.351. The van der Waals surface area contributed by atoms with Gasteiger partial charge >= 0.3 is 0 Å². The second-order valence-electron chi connectivity index (χ2n) is 9.37. The maximum Gasteiger partial charge on any atom is 0.272 e. The number of fused-ring (bicyclic) bond motifs is 4. The number of hydrazone groups is 1. The molecule has 2 unspecified atom stereocenters. The van der Waals surface area contributed by atoms with E-state index in [4.69, 9.17) is 4.74 Å². The number of piperidine rings is 1. The molecular weight excluding hydrogens is 520 g/mol. The van der Waals surface area contributed by atoms with Gasteiger partial charge in [-0.3, -0.25) is 14.5 Å². The molecule has 2 bridgehead atoms. The van der Waals surface area contributed by atoms with Gasteiger partial charge in [-0.2, -0.15) is 5.10 Å². The molecule has 1 aromatic heterocycles. The first-order valence-electron chi connectivity index (χ1n) is 12.3. The summed E-state index contributed by atoms with van der Waals surface area (Å²) in [4.78, 5) is 27.2. The molecule has 3 heterocycles. The van der Waals surface area contributed by atoms with Crippen LogP contribution in [-0.2, 0) is 13.1 Å². The van der Waals surface area contributed by atoms with Gasteiger partial charge in [0.2, 0.25) is 0 Å². The first kappa shape index (κ1) is 24.5. The summed E-state index contributed by atoms with van der Waals surface area (Å²) in [6.07, 6.45) is 2.78. The molecule has 1 amide bonds. The van der Waals surface area contributed by atoms with Crippen molar-refractivity contribution in [2.24, 2.45) is 11.0 Å². The summed E-state index contributed by atoms with van der Waals surface area (Å²) in [7, 11) is 0. The maximum absolute atomic E-state index is 12.4. The first-order chi connectivity index (χ1) is 17.5. The van der Waals surface area contributed by atoms with Crippen LogP contribution >= 0.6 is 15.9 Å². The van der Waals surface area contributed by atoms with E-state index in [1.165, 1.54) is 0 Å². The molecule has 36 heavy (non-hydrogen) atoms. The van der Waals surface area contributed by atoms with Crippen molar-refractivity contribution in [3.8, 4) is 5.75 Å². The van der Waals surface area contributed by atoms with Crippen LogP contribution in [0.4, 0.5) is 0 Å². The highest BCUT2D eigenvalue weighted by atomic mass is 79.9. The van der Waals surface area contributed by atoms with Gasteiger partial charge in [0.15, 0.2) is 0 Å². The number of hydrogen-bond donors (Lipinski definition) is 1. The van der Waals surface area contributed by atoms with Gasteiger partial charge in [-0.15, -0.1) is 0 Å². The van der Waals surface area contributed by atoms with Crippen LogP contribution in [0.15, 0.2) is 75.0 Å². The highest BCUT2D eigenvalue weighted by Crippen LogP contribution is 2.36. The zero-order chi connectivity index (χ0) is 25.1. The number of nitrogens with one attached hydrogen (secondary N) is 1. The van der Waals surface area contributed by atoms with E-state index in [9.17, 15) is 9.59 Å². The minimum Gasteiger partial charge on any atom is -0.494 e. The number of carbonyl (C=O) groups excluding carboxylic acids is 1. The molecule has 7 nitrogen and oxygen atoms in total. The van der Waals surface area contributed by atoms with Crippen molar-refractivity contribution in [1.82, 2.24) is 14.9 Å². The van der Waals surface area contributed by atoms with E-state index in [1.54, 1.807) is 18.3 Å². The van der Waals surface area contributed by atoms with Crippen molar-refractivity contribution in [2.45, 2.75) is 32.4 Å². The molecule has 1 N–H and O–H groups in total. The molecule has 186 valence electrons. The number of halogens is 1. The molecule has 2 aromatic carbocycles. The number of rotatable bonds is 7. The van der Waals surface area contributed by atoms with Crippen molar-refractivity contribution in [3.63, 3.8) is 0 Å². The van der Waals surface area contributed by atoms with Crippen LogP contribution in [0.25, 0.3) is 0 Å². The molecule has 8 heteroatoms. The summed E-state index contributed by atoms with van der Waals surface area (Å²) < 4.78 is 8.60. The zero-order valence-electron chi connectivity index (χ0n) is 20.2. The third-order valence-electron chi connectivity index (χ3n) is 6.83. The highest BCUT2D eigenvalue weighted by Gasteiger charge is 2.34. The standard InChI is InChI=1S/C28H29BrN4O3/c1-2-36-26-11-10-19(14-30-31-28(35)23-6-3-4-7-24(23)29)12-22(26)18-32-15-20-13-21(17-32)25-8-5-9-27(34)33(25)16-20/h3-12,14,20-21H,2,13,15-18H2,1H3,(H,31,35)/b30-14+. The monoisotopic (exact) mass is 548 g/mol. The topological polar surface area (TPSA) is 75.9 Å². The Labute approximate surface area is 218 Å². The Kier molecular flexibility index (Phi) is 7.34. The molecule has 2 aliphatic heterocycles. The van der Waals surface area contributed by atoms with Crippen molar-refractivity contribution in [3.05, 3.63) is 97.9 Å². The Morgan fingerprint density at radius 3 is 2.83 bits per heavy atom. The van der Waals surface area contributed by atoms with Crippen LogP contribution in [-0.4, -0.2) is 41.3 Å². The summed E-state index contributed by atoms with van der Waals surface area (Å²) in [6, 6.07) is 18.8. The van der Waals surface area contributed by atoms with Gasteiger partial charge in [0, 0.05) is 53.9 Å². The van der Waals surface area contributed by atoms with Gasteiger partial charge in [-0.25, -0.2) is 5.43 Å². The van der Waals surface area contributed by atoms with Gasteiger partial charge in [-0.1, -0.05) is 18.2 Å². The van der Waals surface area contributed by atoms with Crippen LogP contribution in [0.2, 0.25) is 0 Å². The molecule has 0 aliphatic carbocycles. The molecule has 5 rings (SSSR count). The Morgan fingerprint density at radius 1 is 1.14 bits per heavy atom. The summed E-state index contributed by atoms with van der Waals surface area (Å²) in [5.74, 6) is 1.41. The van der Waals surface area contributed by atoms with Gasteiger partial charge in [0.05, 0.1) is 18.4 Å². The Balaban J connectivity index is 1.31. The van der Waals surface area contributed by atoms with E-state index in [-0.39, 0.29) is 11.5 Å². The van der Waals surface area contributed by atoms with Crippen molar-refractivity contribution in [1.29, 1.82) is 0 Å². The number of aromatic nitrogens is 1. The lowest BCUT2D eigenvalue weighted by atomic mass is 9.83. The largest absolute Gasteiger partial charge is 0.494 e. The average Bonchev–Trinajstić information content (AvgIpc) is 2.86. The van der Waals surface area contributed by atoms with Gasteiger partial charge in [-0.05, 0) is 77.2 Å². The lowest BCUT2D eigenvalue weighted by molar-refractivity contribution is 0.0954. The molecular formula is C28H29BrN4O3. The van der Waals surface area contributed by atoms with E-state index >= 15 is 0 Å². The molecule has 1 saturated heterocycles. The van der Waals surface area contributed by atoms with Crippen LogP contribution in [0, 0.1) is 5.92 Å². The predicted molar refractivity (Wildman–Crippen MR) is 144 cm³/mol. The fraction of sp³-hybridized carbons (Fsp3) is 0.321. The summed E-state index contributed by atoms with van der Waals surface area (Å²) in [5.41, 5.74) is 6.35. The Hall–Kier alpha value is -3.23. The van der Waals surface area contributed by atoms with Gasteiger partial charge in [0.25, 0.3) is 11.5 Å². The zero-order valence-corrected chi connectivity index (χ0v) is 21.8. The summed E-state index contributed by atoms with van der Waals surface area (Å²) >= 11 is 3.40. The summed E-state index contributed by atoms with van der Waals surface area (Å²) in [5, 5.41) is 4.17. The third kappa shape index (κ3) is 5.29. The van der Waals surface area contributed by atoms with Crippen LogP contribution in [0.5, 0.6) is 5.75 Å². The Bertz CT molecular complexity index is 1350. The van der Waals surface area contributed by atoms with E-state index in [0.29, 0.717) is 24.0 Å². The van der Waals surface area contributed by atoms with Crippen molar-refractivity contribution in [2.75, 3.05) is 19.7 Å². The Morgan fingerprint density at radius 2 is 2.00 bits per heavy atom. The molecule has 3 aromatic rings. The van der Waals surface area contributed by atoms with Gasteiger partial charge < -0.3 is 9.30 Å². The number of amides is 1. The first-order valence-corrected chi connectivity index (χ1v) is 13.1. The second kappa shape index (κ2) is 10.8. The highest BCUT2D eigenvalue weighted by molar-refractivity contribution is 9.10. The van der Waals surface area contributed by atoms with Crippen LogP contribution < -0.4 is 15.7 Å². The number of hydrogen-bond acceptors (Lipinski definition) is 5. The number of ether oxygens (including phenoxy) is 1. The van der Waals surface area contributed by atoms with E-state index in [2.05, 4.69) is 43.5 Å². The van der Waals surface area contributed by atoms with Crippen molar-refractivity contribution < 1.29 is 9.53 Å². The van der Waals surface area contributed by atoms with Crippen LogP contribution in [0.1, 0.15) is 46.4 Å². The maximum atomic E-state index is 12.4. The van der Waals surface area contributed by atoms with E-state index in [1.807, 2.05) is 47.9 Å². The fourth-order valence-corrected chi connectivity index (χ4v) is 5.80. The molecule has 1 fully saturated rings. The number of carbonyl (C=O) groups is 1. The number of nitrogens with zero attached hydrogens (tertiary/aromatic N) is 3. The number of benzene rings is 2. The van der Waals surface area contributed by atoms with E-state index in [0.717, 1.165) is 59.6 Å². The SMILES string of the molecule is CCOc1ccc(/C=N/NC(=O)c2ccccc2Br)cc1CN1CC2CC(C1)c1cccc(=O)n1C2. The lowest BCUT2D eigenvalue weighted by Gasteiger charge is -2.43. The average molecular weight is 549 g/mol. The lowest BCUT2D eigenvalue weighted by Crippen LogP contribution is -2.46. The minimum absolute atomic E-state index is 0.105. The molecule has 2 atom stereocenters. The molecule has 0 radical (unpaired) electrons. The fourth-order valence-electron chi connectivity index (χ4n) is 5.34. The smallest absolute Gasteiger partial charge is 0.272 e. The number of likely N-dealkylation sites (tertiary alicyclic amines) is 1. The van der Waals surface area contributed by atoms with Gasteiger partial charge in [0.1, 0.15) is 5.75 Å². The molecule has 0 spiro atoms. The third-order valence-corrected chi connectivity index (χ3v) is 7.52.